The third-order valence-corrected chi connectivity index (χ3v) is 3.70. The predicted molar refractivity (Wildman–Crippen MR) is 70.7 cm³/mol. The van der Waals surface area contributed by atoms with E-state index < -0.39 is 5.97 Å². The second-order valence-corrected chi connectivity index (χ2v) is 4.90. The van der Waals surface area contributed by atoms with Crippen LogP contribution in [0.1, 0.15) is 47.8 Å². The molecule has 2 aromatic rings. The molecular formula is C13H16N4O2. The molecule has 19 heavy (non-hydrogen) atoms. The number of carboxylic acid groups (broad SMARTS) is 1. The van der Waals surface area contributed by atoms with Gasteiger partial charge in [0.2, 0.25) is 0 Å². The van der Waals surface area contributed by atoms with Crippen molar-refractivity contribution in [2.75, 3.05) is 12.4 Å². The van der Waals surface area contributed by atoms with Crippen molar-refractivity contribution < 1.29 is 9.90 Å². The molecule has 1 aliphatic carbocycles. The lowest BCUT2D eigenvalue weighted by Gasteiger charge is -2.11. The number of hydrogen-bond donors (Lipinski definition) is 2. The first-order valence-electron chi connectivity index (χ1n) is 6.51. The molecule has 3 rings (SSSR count). The van der Waals surface area contributed by atoms with Crippen molar-refractivity contribution >= 4 is 17.4 Å². The summed E-state index contributed by atoms with van der Waals surface area (Å²) in [5.74, 6) is 0.231. The summed E-state index contributed by atoms with van der Waals surface area (Å²) in [6.07, 6.45) is 4.80. The summed E-state index contributed by atoms with van der Waals surface area (Å²) in [4.78, 5) is 15.6. The monoisotopic (exact) mass is 260 g/mol. The summed E-state index contributed by atoms with van der Waals surface area (Å²) in [5.41, 5.74) is 1.64. The first-order chi connectivity index (χ1) is 9.19. The van der Waals surface area contributed by atoms with Crippen molar-refractivity contribution in [2.45, 2.75) is 31.6 Å². The highest BCUT2D eigenvalue weighted by atomic mass is 16.4. The standard InChI is InChI=1S/C13H16N4O2/c1-14-11-6-9(8-4-2-3-5-8)15-12-7-10(13(18)19)16-17(11)12/h6-8,14H,2-5H2,1H3,(H,18,19). The van der Waals surface area contributed by atoms with Crippen LogP contribution in [0.4, 0.5) is 5.82 Å². The van der Waals surface area contributed by atoms with Crippen molar-refractivity contribution in [1.82, 2.24) is 14.6 Å². The van der Waals surface area contributed by atoms with E-state index in [1.54, 1.807) is 11.6 Å². The highest BCUT2D eigenvalue weighted by molar-refractivity contribution is 5.86. The van der Waals surface area contributed by atoms with Gasteiger partial charge in [0.05, 0.1) is 0 Å². The summed E-state index contributed by atoms with van der Waals surface area (Å²) in [6, 6.07) is 3.49. The molecule has 2 heterocycles. The van der Waals surface area contributed by atoms with E-state index in [0.717, 1.165) is 24.4 Å². The van der Waals surface area contributed by atoms with Gasteiger partial charge in [0.25, 0.3) is 0 Å². The maximum Gasteiger partial charge on any atom is 0.356 e. The molecule has 1 saturated carbocycles. The Morgan fingerprint density at radius 2 is 2.16 bits per heavy atom. The van der Waals surface area contributed by atoms with Crippen LogP contribution in [-0.4, -0.2) is 32.7 Å². The second-order valence-electron chi connectivity index (χ2n) is 4.90. The quantitative estimate of drug-likeness (QED) is 0.883. The van der Waals surface area contributed by atoms with Crippen LogP contribution in [0.3, 0.4) is 0 Å². The Labute approximate surface area is 110 Å². The molecule has 0 bridgehead atoms. The summed E-state index contributed by atoms with van der Waals surface area (Å²) >= 11 is 0. The van der Waals surface area contributed by atoms with Crippen LogP contribution >= 0.6 is 0 Å². The van der Waals surface area contributed by atoms with E-state index in [4.69, 9.17) is 5.11 Å². The molecule has 0 unspecified atom stereocenters. The van der Waals surface area contributed by atoms with E-state index in [0.29, 0.717) is 11.6 Å². The van der Waals surface area contributed by atoms with Crippen molar-refractivity contribution in [3.05, 3.63) is 23.5 Å². The lowest BCUT2D eigenvalue weighted by Crippen LogP contribution is -2.06. The Morgan fingerprint density at radius 3 is 2.79 bits per heavy atom. The Balaban J connectivity index is 2.13. The fourth-order valence-corrected chi connectivity index (χ4v) is 2.71. The molecular weight excluding hydrogens is 244 g/mol. The topological polar surface area (TPSA) is 79.5 Å². The van der Waals surface area contributed by atoms with Crippen LogP contribution in [0.5, 0.6) is 0 Å². The Morgan fingerprint density at radius 1 is 1.42 bits per heavy atom. The van der Waals surface area contributed by atoms with Gasteiger partial charge in [-0.15, -0.1) is 0 Å². The van der Waals surface area contributed by atoms with Gasteiger partial charge >= 0.3 is 5.97 Å². The first-order valence-corrected chi connectivity index (χ1v) is 6.51. The molecule has 0 spiro atoms. The van der Waals surface area contributed by atoms with Crippen LogP contribution in [0, 0.1) is 0 Å². The van der Waals surface area contributed by atoms with Gasteiger partial charge in [0.15, 0.2) is 11.3 Å². The fourth-order valence-electron chi connectivity index (χ4n) is 2.71. The molecule has 6 heteroatoms. The number of rotatable bonds is 3. The molecule has 1 fully saturated rings. The lowest BCUT2D eigenvalue weighted by atomic mass is 10.0. The molecule has 0 amide bonds. The Bertz CT molecular complexity index is 629. The van der Waals surface area contributed by atoms with Crippen molar-refractivity contribution in [3.63, 3.8) is 0 Å². The third-order valence-electron chi connectivity index (χ3n) is 3.70. The van der Waals surface area contributed by atoms with Crippen LogP contribution < -0.4 is 5.32 Å². The van der Waals surface area contributed by atoms with Gasteiger partial charge in [0.1, 0.15) is 5.82 Å². The van der Waals surface area contributed by atoms with Crippen LogP contribution in [-0.2, 0) is 0 Å². The fraction of sp³-hybridized carbons (Fsp3) is 0.462. The molecule has 0 saturated heterocycles. The van der Waals surface area contributed by atoms with E-state index in [1.807, 2.05) is 6.07 Å². The average molecular weight is 260 g/mol. The van der Waals surface area contributed by atoms with E-state index in [2.05, 4.69) is 15.4 Å². The number of nitrogens with zero attached hydrogens (tertiary/aromatic N) is 3. The minimum atomic E-state index is -1.03. The van der Waals surface area contributed by atoms with Gasteiger partial charge in [-0.05, 0) is 12.8 Å². The van der Waals surface area contributed by atoms with Crippen LogP contribution in [0.15, 0.2) is 12.1 Å². The van der Waals surface area contributed by atoms with Gasteiger partial charge < -0.3 is 10.4 Å². The van der Waals surface area contributed by atoms with E-state index in [9.17, 15) is 4.79 Å². The summed E-state index contributed by atoms with van der Waals surface area (Å²) in [5, 5.41) is 16.1. The molecule has 2 aromatic heterocycles. The zero-order valence-electron chi connectivity index (χ0n) is 10.8. The summed E-state index contributed by atoms with van der Waals surface area (Å²) in [7, 11) is 1.80. The van der Waals surface area contributed by atoms with Crippen molar-refractivity contribution in [2.24, 2.45) is 0 Å². The number of hydrogen-bond acceptors (Lipinski definition) is 4. The number of anilines is 1. The number of carboxylic acids is 1. The second kappa shape index (κ2) is 4.53. The normalized spacial score (nSPS) is 16.1. The number of aromatic carboxylic acids is 1. The zero-order chi connectivity index (χ0) is 13.4. The molecule has 0 aromatic carbocycles. The largest absolute Gasteiger partial charge is 0.476 e. The molecule has 2 N–H and O–H groups in total. The number of carbonyl (C=O) groups is 1. The molecule has 0 radical (unpaired) electrons. The maximum absolute atomic E-state index is 11.0. The SMILES string of the molecule is CNc1cc(C2CCCC2)nc2cc(C(=O)O)nn12. The van der Waals surface area contributed by atoms with Gasteiger partial charge in [-0.25, -0.2) is 9.78 Å². The molecule has 0 atom stereocenters. The minimum Gasteiger partial charge on any atom is -0.476 e. The molecule has 1 aliphatic rings. The first kappa shape index (κ1) is 12.0. The maximum atomic E-state index is 11.0. The van der Waals surface area contributed by atoms with Gasteiger partial charge in [-0.3, -0.25) is 0 Å². The third kappa shape index (κ3) is 2.03. The van der Waals surface area contributed by atoms with Gasteiger partial charge in [-0.1, -0.05) is 12.8 Å². The number of fused-ring (bicyclic) bond motifs is 1. The predicted octanol–water partition coefficient (Wildman–Crippen LogP) is 2.13. The number of aromatic nitrogens is 3. The Hall–Kier alpha value is -2.11. The summed E-state index contributed by atoms with van der Waals surface area (Å²) < 4.78 is 1.54. The highest BCUT2D eigenvalue weighted by Crippen LogP contribution is 2.34. The minimum absolute atomic E-state index is 0.0209. The summed E-state index contributed by atoms with van der Waals surface area (Å²) in [6.45, 7) is 0. The highest BCUT2D eigenvalue weighted by Gasteiger charge is 2.21. The lowest BCUT2D eigenvalue weighted by molar-refractivity contribution is 0.0690. The van der Waals surface area contributed by atoms with E-state index >= 15 is 0 Å². The van der Waals surface area contributed by atoms with E-state index in [-0.39, 0.29) is 5.69 Å². The molecule has 0 aliphatic heterocycles. The van der Waals surface area contributed by atoms with Gasteiger partial charge in [-0.2, -0.15) is 9.61 Å². The van der Waals surface area contributed by atoms with Crippen molar-refractivity contribution in [3.8, 4) is 0 Å². The zero-order valence-corrected chi connectivity index (χ0v) is 10.8. The van der Waals surface area contributed by atoms with Crippen LogP contribution in [0.2, 0.25) is 0 Å². The smallest absolute Gasteiger partial charge is 0.356 e. The van der Waals surface area contributed by atoms with Gasteiger partial charge in [0, 0.05) is 30.8 Å². The van der Waals surface area contributed by atoms with Crippen molar-refractivity contribution in [1.29, 1.82) is 0 Å². The van der Waals surface area contributed by atoms with Crippen LogP contribution in [0.25, 0.3) is 5.65 Å². The Kier molecular flexibility index (Phi) is 2.85. The molecule has 6 nitrogen and oxygen atoms in total. The number of nitrogens with one attached hydrogen (secondary N) is 1. The molecule has 100 valence electrons. The van der Waals surface area contributed by atoms with E-state index in [1.165, 1.54) is 18.9 Å². The average Bonchev–Trinajstić information content (AvgIpc) is 3.05.